The maximum absolute atomic E-state index is 11.9. The molecule has 1 unspecified atom stereocenters. The molecular formula is C11H15ClN2O3. The number of hydrogen-bond acceptors (Lipinski definition) is 4. The highest BCUT2D eigenvalue weighted by atomic mass is 35.5. The fraction of sp³-hybridized carbons (Fsp3) is 0.455. The van der Waals surface area contributed by atoms with Crippen molar-refractivity contribution >= 4 is 17.5 Å². The van der Waals surface area contributed by atoms with Crippen LogP contribution in [0.25, 0.3) is 0 Å². The molecule has 1 heterocycles. The fourth-order valence-electron chi connectivity index (χ4n) is 1.32. The third-order valence-corrected chi connectivity index (χ3v) is 2.51. The minimum atomic E-state index is -0.257. The minimum Gasteiger partial charge on any atom is -0.494 e. The first-order chi connectivity index (χ1) is 8.22. The molecule has 17 heavy (non-hydrogen) atoms. The number of aromatic nitrogens is 1. The first-order valence-electron chi connectivity index (χ1n) is 5.06. The number of methoxy groups -OCH3 is 2. The first kappa shape index (κ1) is 13.7. The molecule has 0 aliphatic rings. The van der Waals surface area contributed by atoms with Crippen LogP contribution in [0.15, 0.2) is 18.5 Å². The van der Waals surface area contributed by atoms with E-state index < -0.39 is 0 Å². The van der Waals surface area contributed by atoms with Gasteiger partial charge in [0.05, 0.1) is 31.5 Å². The van der Waals surface area contributed by atoms with Gasteiger partial charge in [0, 0.05) is 19.2 Å². The molecule has 0 aliphatic carbocycles. The summed E-state index contributed by atoms with van der Waals surface area (Å²) in [4.78, 5) is 15.8. The molecule has 0 saturated carbocycles. The largest absolute Gasteiger partial charge is 0.494 e. The first-order valence-corrected chi connectivity index (χ1v) is 5.60. The molecule has 1 N–H and O–H groups in total. The number of alkyl halides is 1. The summed E-state index contributed by atoms with van der Waals surface area (Å²) in [6.45, 7) is 0.364. The molecule has 0 aromatic carbocycles. The molecule has 0 fully saturated rings. The summed E-state index contributed by atoms with van der Waals surface area (Å²) in [7, 11) is 3.04. The van der Waals surface area contributed by atoms with Crippen molar-refractivity contribution in [3.63, 3.8) is 0 Å². The quantitative estimate of drug-likeness (QED) is 0.776. The Morgan fingerprint density at radius 2 is 2.35 bits per heavy atom. The Kier molecular flexibility index (Phi) is 5.72. The molecule has 0 aliphatic heterocycles. The molecule has 5 nitrogen and oxygen atoms in total. The lowest BCUT2D eigenvalue weighted by Gasteiger charge is -2.15. The monoisotopic (exact) mass is 258 g/mol. The van der Waals surface area contributed by atoms with Crippen LogP contribution in [-0.4, -0.2) is 43.6 Å². The van der Waals surface area contributed by atoms with Crippen LogP contribution in [0.4, 0.5) is 0 Å². The minimum absolute atomic E-state index is 0.230. The fourth-order valence-corrected chi connectivity index (χ4v) is 1.49. The number of carbonyl (C=O) groups is 1. The summed E-state index contributed by atoms with van der Waals surface area (Å²) in [5, 5.41) is 2.75. The molecular weight excluding hydrogens is 244 g/mol. The third-order valence-electron chi connectivity index (χ3n) is 2.14. The lowest BCUT2D eigenvalue weighted by molar-refractivity contribution is 0.0903. The van der Waals surface area contributed by atoms with Gasteiger partial charge >= 0.3 is 0 Å². The van der Waals surface area contributed by atoms with Crippen molar-refractivity contribution in [1.82, 2.24) is 10.3 Å². The van der Waals surface area contributed by atoms with Gasteiger partial charge in [-0.2, -0.15) is 0 Å². The number of nitrogens with one attached hydrogen (secondary N) is 1. The van der Waals surface area contributed by atoms with Crippen LogP contribution in [-0.2, 0) is 4.74 Å². The molecule has 0 saturated heterocycles. The van der Waals surface area contributed by atoms with Crippen molar-refractivity contribution in [3.8, 4) is 5.75 Å². The number of ether oxygens (including phenoxy) is 2. The average molecular weight is 259 g/mol. The van der Waals surface area contributed by atoms with Crippen molar-refractivity contribution in [2.75, 3.05) is 26.7 Å². The predicted molar refractivity (Wildman–Crippen MR) is 64.6 cm³/mol. The van der Waals surface area contributed by atoms with E-state index in [2.05, 4.69) is 10.3 Å². The van der Waals surface area contributed by atoms with Crippen LogP contribution in [0.2, 0.25) is 0 Å². The maximum atomic E-state index is 11.9. The normalized spacial score (nSPS) is 11.9. The molecule has 1 aromatic heterocycles. The summed E-state index contributed by atoms with van der Waals surface area (Å²) in [5.41, 5.74) is 0.425. The van der Waals surface area contributed by atoms with E-state index >= 15 is 0 Å². The van der Waals surface area contributed by atoms with Gasteiger partial charge in [0.1, 0.15) is 5.75 Å². The van der Waals surface area contributed by atoms with E-state index in [-0.39, 0.29) is 17.8 Å². The number of amides is 1. The maximum Gasteiger partial charge on any atom is 0.255 e. The molecule has 0 spiro atoms. The molecule has 6 heteroatoms. The summed E-state index contributed by atoms with van der Waals surface area (Å²) < 4.78 is 10.00. The van der Waals surface area contributed by atoms with Crippen LogP contribution in [0.3, 0.4) is 0 Å². The van der Waals surface area contributed by atoms with Crippen LogP contribution in [0.1, 0.15) is 10.4 Å². The van der Waals surface area contributed by atoms with Gasteiger partial charge in [-0.3, -0.25) is 9.78 Å². The average Bonchev–Trinajstić information content (AvgIpc) is 2.38. The second kappa shape index (κ2) is 7.09. The Labute approximate surface area is 105 Å². The van der Waals surface area contributed by atoms with Gasteiger partial charge in [0.25, 0.3) is 5.91 Å². The van der Waals surface area contributed by atoms with E-state index in [9.17, 15) is 4.79 Å². The highest BCUT2D eigenvalue weighted by molar-refractivity contribution is 6.18. The van der Waals surface area contributed by atoms with E-state index in [0.717, 1.165) is 0 Å². The van der Waals surface area contributed by atoms with Crippen molar-refractivity contribution in [3.05, 3.63) is 24.0 Å². The Hall–Kier alpha value is -1.33. The summed E-state index contributed by atoms with van der Waals surface area (Å²) >= 11 is 5.71. The van der Waals surface area contributed by atoms with Crippen LogP contribution < -0.4 is 10.1 Å². The Morgan fingerprint density at radius 1 is 1.59 bits per heavy atom. The highest BCUT2D eigenvalue weighted by Crippen LogP contribution is 2.15. The topological polar surface area (TPSA) is 60.5 Å². The van der Waals surface area contributed by atoms with Gasteiger partial charge < -0.3 is 14.8 Å². The second-order valence-electron chi connectivity index (χ2n) is 3.36. The number of carbonyl (C=O) groups excluding carboxylic acids is 1. The summed E-state index contributed by atoms with van der Waals surface area (Å²) in [5.74, 6) is 0.454. The lowest BCUT2D eigenvalue weighted by Crippen LogP contribution is -2.39. The Balaban J connectivity index is 2.75. The van der Waals surface area contributed by atoms with Gasteiger partial charge in [-0.15, -0.1) is 11.6 Å². The number of pyridine rings is 1. The standard InChI is InChI=1S/C11H15ClN2O3/c1-16-7-8(5-12)14-11(15)9-3-4-13-6-10(9)17-2/h3-4,6,8H,5,7H2,1-2H3,(H,14,15). The van der Waals surface area contributed by atoms with Crippen molar-refractivity contribution in [2.45, 2.75) is 6.04 Å². The number of halogens is 1. The van der Waals surface area contributed by atoms with Gasteiger partial charge in [-0.25, -0.2) is 0 Å². The van der Waals surface area contributed by atoms with Gasteiger partial charge in [0.2, 0.25) is 0 Å². The van der Waals surface area contributed by atoms with Gasteiger partial charge in [-0.05, 0) is 6.07 Å². The summed E-state index contributed by atoms with van der Waals surface area (Å²) in [6.07, 6.45) is 3.02. The van der Waals surface area contributed by atoms with Crippen LogP contribution in [0, 0.1) is 0 Å². The SMILES string of the molecule is COCC(CCl)NC(=O)c1ccncc1OC. The van der Waals surface area contributed by atoms with E-state index in [4.69, 9.17) is 21.1 Å². The molecule has 1 atom stereocenters. The lowest BCUT2D eigenvalue weighted by atomic mass is 10.2. The van der Waals surface area contributed by atoms with Crippen molar-refractivity contribution < 1.29 is 14.3 Å². The zero-order valence-electron chi connectivity index (χ0n) is 9.77. The van der Waals surface area contributed by atoms with Crippen LogP contribution >= 0.6 is 11.6 Å². The molecule has 0 bridgehead atoms. The predicted octanol–water partition coefficient (Wildman–Crippen LogP) is 1.07. The van der Waals surface area contributed by atoms with Crippen LogP contribution in [0.5, 0.6) is 5.75 Å². The summed E-state index contributed by atoms with van der Waals surface area (Å²) in [6, 6.07) is 1.36. The molecule has 1 rings (SSSR count). The number of rotatable bonds is 6. The van der Waals surface area contributed by atoms with E-state index in [1.807, 2.05) is 0 Å². The Bertz CT molecular complexity index is 373. The molecule has 94 valence electrons. The highest BCUT2D eigenvalue weighted by Gasteiger charge is 2.16. The second-order valence-corrected chi connectivity index (χ2v) is 3.66. The van der Waals surface area contributed by atoms with E-state index in [1.54, 1.807) is 13.2 Å². The third kappa shape index (κ3) is 3.87. The van der Waals surface area contributed by atoms with E-state index in [1.165, 1.54) is 19.5 Å². The number of hydrogen-bond donors (Lipinski definition) is 1. The Morgan fingerprint density at radius 3 is 2.94 bits per heavy atom. The van der Waals surface area contributed by atoms with Crippen molar-refractivity contribution in [2.24, 2.45) is 0 Å². The van der Waals surface area contributed by atoms with E-state index in [0.29, 0.717) is 17.9 Å². The molecule has 1 amide bonds. The molecule has 1 aromatic rings. The van der Waals surface area contributed by atoms with Gasteiger partial charge in [-0.1, -0.05) is 0 Å². The smallest absolute Gasteiger partial charge is 0.255 e. The molecule has 0 radical (unpaired) electrons. The number of nitrogens with zero attached hydrogens (tertiary/aromatic N) is 1. The zero-order valence-corrected chi connectivity index (χ0v) is 10.5. The van der Waals surface area contributed by atoms with Crippen molar-refractivity contribution in [1.29, 1.82) is 0 Å². The zero-order chi connectivity index (χ0) is 12.7. The van der Waals surface area contributed by atoms with Gasteiger partial charge in [0.15, 0.2) is 0 Å².